The SMILES string of the molecule is CCCN1CCOC(C(NCC)c2c(F)cccc2F)C1. The predicted molar refractivity (Wildman–Crippen MR) is 79.2 cm³/mol. The number of nitrogens with zero attached hydrogens (tertiary/aromatic N) is 1. The highest BCUT2D eigenvalue weighted by atomic mass is 19.1. The largest absolute Gasteiger partial charge is 0.374 e. The highest BCUT2D eigenvalue weighted by molar-refractivity contribution is 5.24. The summed E-state index contributed by atoms with van der Waals surface area (Å²) in [6.07, 6.45) is 0.823. The van der Waals surface area contributed by atoms with Crippen molar-refractivity contribution >= 4 is 0 Å². The minimum Gasteiger partial charge on any atom is -0.374 e. The third-order valence-electron chi connectivity index (χ3n) is 3.82. The van der Waals surface area contributed by atoms with Crippen LogP contribution in [0.15, 0.2) is 18.2 Å². The molecular formula is C16H24F2N2O. The lowest BCUT2D eigenvalue weighted by Gasteiger charge is -2.37. The summed E-state index contributed by atoms with van der Waals surface area (Å²) in [5.41, 5.74) is 0.0858. The summed E-state index contributed by atoms with van der Waals surface area (Å²) in [4.78, 5) is 2.29. The van der Waals surface area contributed by atoms with Crippen molar-refractivity contribution in [3.05, 3.63) is 35.4 Å². The van der Waals surface area contributed by atoms with Crippen LogP contribution in [0.5, 0.6) is 0 Å². The molecule has 0 bridgehead atoms. The van der Waals surface area contributed by atoms with E-state index in [2.05, 4.69) is 17.1 Å². The van der Waals surface area contributed by atoms with Gasteiger partial charge < -0.3 is 10.1 Å². The van der Waals surface area contributed by atoms with E-state index >= 15 is 0 Å². The fraction of sp³-hybridized carbons (Fsp3) is 0.625. The molecule has 1 aromatic carbocycles. The van der Waals surface area contributed by atoms with Crippen LogP contribution in [-0.4, -0.2) is 43.8 Å². The molecule has 2 rings (SSSR count). The van der Waals surface area contributed by atoms with Crippen LogP contribution < -0.4 is 5.32 Å². The van der Waals surface area contributed by atoms with Crippen molar-refractivity contribution in [1.82, 2.24) is 10.2 Å². The second kappa shape index (κ2) is 7.82. The molecule has 0 amide bonds. The molecule has 5 heteroatoms. The Morgan fingerprint density at radius 3 is 2.67 bits per heavy atom. The molecule has 1 fully saturated rings. The van der Waals surface area contributed by atoms with Crippen LogP contribution in [0.2, 0.25) is 0 Å². The number of morpholine rings is 1. The third kappa shape index (κ3) is 3.99. The summed E-state index contributed by atoms with van der Waals surface area (Å²) in [7, 11) is 0. The Labute approximate surface area is 125 Å². The minimum atomic E-state index is -0.517. The molecular weight excluding hydrogens is 274 g/mol. The predicted octanol–water partition coefficient (Wildman–Crippen LogP) is 2.73. The van der Waals surface area contributed by atoms with Gasteiger partial charge in [-0.25, -0.2) is 8.78 Å². The first kappa shape index (κ1) is 16.3. The van der Waals surface area contributed by atoms with Gasteiger partial charge >= 0.3 is 0 Å². The number of benzene rings is 1. The van der Waals surface area contributed by atoms with Crippen LogP contribution in [0.4, 0.5) is 8.78 Å². The number of nitrogens with one attached hydrogen (secondary N) is 1. The summed E-state index contributed by atoms with van der Waals surface area (Å²) in [5, 5.41) is 3.18. The Balaban J connectivity index is 2.22. The number of halogens is 2. The van der Waals surface area contributed by atoms with Gasteiger partial charge in [0.1, 0.15) is 11.6 Å². The third-order valence-corrected chi connectivity index (χ3v) is 3.82. The molecule has 0 radical (unpaired) electrons. The second-order valence-corrected chi connectivity index (χ2v) is 5.38. The summed E-state index contributed by atoms with van der Waals surface area (Å²) in [5.74, 6) is -1.03. The molecule has 2 unspecified atom stereocenters. The molecule has 118 valence electrons. The first-order chi connectivity index (χ1) is 10.2. The van der Waals surface area contributed by atoms with Gasteiger partial charge in [0, 0.05) is 18.7 Å². The van der Waals surface area contributed by atoms with E-state index in [1.54, 1.807) is 0 Å². The van der Waals surface area contributed by atoms with Crippen molar-refractivity contribution in [3.63, 3.8) is 0 Å². The van der Waals surface area contributed by atoms with Crippen molar-refractivity contribution < 1.29 is 13.5 Å². The zero-order chi connectivity index (χ0) is 15.2. The smallest absolute Gasteiger partial charge is 0.131 e. The molecule has 0 aliphatic carbocycles. The topological polar surface area (TPSA) is 24.5 Å². The molecule has 1 aromatic rings. The van der Waals surface area contributed by atoms with E-state index in [-0.39, 0.29) is 11.7 Å². The Bertz CT molecular complexity index is 434. The standard InChI is InChI=1S/C16H24F2N2O/c1-3-8-20-9-10-21-14(11-20)16(19-4-2)15-12(17)6-5-7-13(15)18/h5-7,14,16,19H,3-4,8-11H2,1-2H3. The fourth-order valence-electron chi connectivity index (χ4n) is 2.90. The summed E-state index contributed by atoms with van der Waals surface area (Å²) in [6, 6.07) is 3.53. The van der Waals surface area contributed by atoms with E-state index in [0.717, 1.165) is 19.5 Å². The van der Waals surface area contributed by atoms with Crippen LogP contribution in [0, 0.1) is 11.6 Å². The van der Waals surface area contributed by atoms with Crippen LogP contribution in [0.1, 0.15) is 31.9 Å². The van der Waals surface area contributed by atoms with Gasteiger partial charge in [-0.2, -0.15) is 0 Å². The Kier molecular flexibility index (Phi) is 6.08. The van der Waals surface area contributed by atoms with Gasteiger partial charge in [-0.3, -0.25) is 4.90 Å². The summed E-state index contributed by atoms with van der Waals surface area (Å²) >= 11 is 0. The maximum absolute atomic E-state index is 14.1. The van der Waals surface area contributed by atoms with Gasteiger partial charge in [0.05, 0.1) is 18.8 Å². The van der Waals surface area contributed by atoms with Crippen molar-refractivity contribution in [2.24, 2.45) is 0 Å². The zero-order valence-corrected chi connectivity index (χ0v) is 12.7. The first-order valence-electron chi connectivity index (χ1n) is 7.68. The number of ether oxygens (including phenoxy) is 1. The average molecular weight is 298 g/mol. The monoisotopic (exact) mass is 298 g/mol. The van der Waals surface area contributed by atoms with Gasteiger partial charge in [0.2, 0.25) is 0 Å². The minimum absolute atomic E-state index is 0.0858. The van der Waals surface area contributed by atoms with Gasteiger partial charge in [-0.1, -0.05) is 19.9 Å². The van der Waals surface area contributed by atoms with Gasteiger partial charge in [-0.05, 0) is 31.6 Å². The first-order valence-corrected chi connectivity index (χ1v) is 7.68. The summed E-state index contributed by atoms with van der Waals surface area (Å²) in [6.45, 7) is 7.84. The molecule has 0 aromatic heterocycles. The van der Waals surface area contributed by atoms with Crippen molar-refractivity contribution in [2.75, 3.05) is 32.8 Å². The normalized spacial score (nSPS) is 21.4. The number of hydrogen-bond donors (Lipinski definition) is 1. The second-order valence-electron chi connectivity index (χ2n) is 5.38. The number of rotatable bonds is 6. The van der Waals surface area contributed by atoms with Crippen LogP contribution in [0.25, 0.3) is 0 Å². The van der Waals surface area contributed by atoms with E-state index in [4.69, 9.17) is 4.74 Å². The van der Waals surface area contributed by atoms with Gasteiger partial charge in [0.15, 0.2) is 0 Å². The number of likely N-dealkylation sites (N-methyl/N-ethyl adjacent to an activating group) is 1. The highest BCUT2D eigenvalue weighted by Gasteiger charge is 2.32. The summed E-state index contributed by atoms with van der Waals surface area (Å²) < 4.78 is 33.9. The molecule has 1 aliphatic heterocycles. The molecule has 1 aliphatic rings. The van der Waals surface area contributed by atoms with Crippen molar-refractivity contribution in [3.8, 4) is 0 Å². The lowest BCUT2D eigenvalue weighted by atomic mass is 9.98. The van der Waals surface area contributed by atoms with E-state index < -0.39 is 17.7 Å². The fourth-order valence-corrected chi connectivity index (χ4v) is 2.90. The highest BCUT2D eigenvalue weighted by Crippen LogP contribution is 2.27. The van der Waals surface area contributed by atoms with Crippen molar-refractivity contribution in [2.45, 2.75) is 32.4 Å². The molecule has 1 saturated heterocycles. The molecule has 0 saturated carbocycles. The van der Waals surface area contributed by atoms with Crippen molar-refractivity contribution in [1.29, 1.82) is 0 Å². The van der Waals surface area contributed by atoms with Crippen LogP contribution in [0.3, 0.4) is 0 Å². The lowest BCUT2D eigenvalue weighted by molar-refractivity contribution is -0.0478. The maximum atomic E-state index is 14.1. The van der Waals surface area contributed by atoms with Crippen LogP contribution in [-0.2, 0) is 4.74 Å². The molecule has 3 nitrogen and oxygen atoms in total. The van der Waals surface area contributed by atoms with E-state index in [0.29, 0.717) is 19.7 Å². The molecule has 2 atom stereocenters. The van der Waals surface area contributed by atoms with Gasteiger partial charge in [0.25, 0.3) is 0 Å². The van der Waals surface area contributed by atoms with E-state index in [1.807, 2.05) is 6.92 Å². The number of hydrogen-bond acceptors (Lipinski definition) is 3. The van der Waals surface area contributed by atoms with E-state index in [1.165, 1.54) is 18.2 Å². The quantitative estimate of drug-likeness (QED) is 0.874. The zero-order valence-electron chi connectivity index (χ0n) is 12.7. The van der Waals surface area contributed by atoms with E-state index in [9.17, 15) is 8.78 Å². The molecule has 0 spiro atoms. The van der Waals surface area contributed by atoms with Gasteiger partial charge in [-0.15, -0.1) is 0 Å². The Morgan fingerprint density at radius 1 is 1.33 bits per heavy atom. The maximum Gasteiger partial charge on any atom is 0.131 e. The Morgan fingerprint density at radius 2 is 2.05 bits per heavy atom. The molecule has 1 heterocycles. The lowest BCUT2D eigenvalue weighted by Crippen LogP contribution is -2.48. The average Bonchev–Trinajstić information content (AvgIpc) is 2.47. The van der Waals surface area contributed by atoms with Crippen LogP contribution >= 0.6 is 0 Å². The Hall–Kier alpha value is -1.04. The molecule has 21 heavy (non-hydrogen) atoms. The molecule has 1 N–H and O–H groups in total.